The zero-order valence-corrected chi connectivity index (χ0v) is 20.4. The zero-order valence-electron chi connectivity index (χ0n) is 19.6. The van der Waals surface area contributed by atoms with Crippen molar-refractivity contribution in [3.63, 3.8) is 0 Å². The number of anilines is 1. The number of unbranched alkanes of at least 4 members (excludes halogenated alkanes) is 3. The molecule has 0 aliphatic carbocycles. The fraction of sp³-hybridized carbons (Fsp3) is 0.680. The van der Waals surface area contributed by atoms with E-state index in [0.717, 1.165) is 57.7 Å². The largest absolute Gasteiger partial charge is 0.356 e. The van der Waals surface area contributed by atoms with E-state index in [1.165, 1.54) is 36.3 Å². The van der Waals surface area contributed by atoms with Crippen LogP contribution in [-0.2, 0) is 16.1 Å². The Labute approximate surface area is 197 Å². The number of carbonyl (C=O) groups is 2. The van der Waals surface area contributed by atoms with Gasteiger partial charge in [-0.15, -0.1) is 0 Å². The number of nitrogens with zero attached hydrogens (tertiary/aromatic N) is 2. The van der Waals surface area contributed by atoms with Gasteiger partial charge in [-0.25, -0.2) is 0 Å². The summed E-state index contributed by atoms with van der Waals surface area (Å²) < 4.78 is 0. The van der Waals surface area contributed by atoms with Crippen molar-refractivity contribution in [1.82, 2.24) is 15.1 Å². The molecule has 7 heteroatoms. The molecule has 2 N–H and O–H groups in total. The highest BCUT2D eigenvalue weighted by Crippen LogP contribution is 2.18. The smallest absolute Gasteiger partial charge is 0.238 e. The van der Waals surface area contributed by atoms with Crippen molar-refractivity contribution in [1.29, 1.82) is 0 Å². The second-order valence-corrected chi connectivity index (χ2v) is 10.3. The van der Waals surface area contributed by atoms with Gasteiger partial charge in [0.2, 0.25) is 11.8 Å². The average molecular weight is 461 g/mol. The molecule has 32 heavy (non-hydrogen) atoms. The van der Waals surface area contributed by atoms with Crippen LogP contribution in [0.4, 0.5) is 5.69 Å². The lowest BCUT2D eigenvalue weighted by Crippen LogP contribution is -2.45. The summed E-state index contributed by atoms with van der Waals surface area (Å²) in [6.07, 6.45) is 6.53. The van der Waals surface area contributed by atoms with Crippen LogP contribution in [0.3, 0.4) is 0 Å². The molecule has 1 atom stereocenters. The topological polar surface area (TPSA) is 64.7 Å². The number of carbonyl (C=O) groups excluding carboxylic acids is 2. The summed E-state index contributed by atoms with van der Waals surface area (Å²) in [6.45, 7) is 8.04. The van der Waals surface area contributed by atoms with Gasteiger partial charge < -0.3 is 10.6 Å². The van der Waals surface area contributed by atoms with Crippen molar-refractivity contribution in [3.8, 4) is 0 Å². The molecule has 2 aliphatic heterocycles. The van der Waals surface area contributed by atoms with Gasteiger partial charge in [0.15, 0.2) is 0 Å². The van der Waals surface area contributed by atoms with Gasteiger partial charge in [0, 0.05) is 49.9 Å². The molecule has 1 aromatic rings. The van der Waals surface area contributed by atoms with Crippen LogP contribution in [0.15, 0.2) is 24.3 Å². The van der Waals surface area contributed by atoms with Gasteiger partial charge in [-0.1, -0.05) is 38.3 Å². The van der Waals surface area contributed by atoms with Crippen LogP contribution in [0.5, 0.6) is 0 Å². The summed E-state index contributed by atoms with van der Waals surface area (Å²) in [6, 6.07) is 8.20. The van der Waals surface area contributed by atoms with Crippen LogP contribution in [0, 0.1) is 5.92 Å². The predicted molar refractivity (Wildman–Crippen MR) is 134 cm³/mol. The third-order valence-electron chi connectivity index (χ3n) is 6.29. The second-order valence-electron chi connectivity index (χ2n) is 9.06. The monoisotopic (exact) mass is 460 g/mol. The SMILES string of the molecule is CCCCCCNC(=O)C1CCCN(CC(=O)Nc2cccc(CN3CCSCC3)c2)C1. The van der Waals surface area contributed by atoms with Gasteiger partial charge >= 0.3 is 0 Å². The molecule has 2 heterocycles. The van der Waals surface area contributed by atoms with E-state index >= 15 is 0 Å². The first-order valence-electron chi connectivity index (χ1n) is 12.3. The van der Waals surface area contributed by atoms with Crippen molar-refractivity contribution >= 4 is 29.3 Å². The Kier molecular flexibility index (Phi) is 10.9. The van der Waals surface area contributed by atoms with E-state index < -0.39 is 0 Å². The Bertz CT molecular complexity index is 724. The molecule has 2 aliphatic rings. The number of hydrogen-bond donors (Lipinski definition) is 2. The third kappa shape index (κ3) is 8.75. The summed E-state index contributed by atoms with van der Waals surface area (Å²) in [5.41, 5.74) is 2.10. The van der Waals surface area contributed by atoms with Crippen LogP contribution in [0.2, 0.25) is 0 Å². The molecule has 1 unspecified atom stereocenters. The summed E-state index contributed by atoms with van der Waals surface area (Å²) >= 11 is 2.02. The molecule has 0 saturated carbocycles. The number of piperidine rings is 1. The van der Waals surface area contributed by atoms with Crippen molar-refractivity contribution in [2.45, 2.75) is 52.0 Å². The van der Waals surface area contributed by atoms with Crippen molar-refractivity contribution < 1.29 is 9.59 Å². The fourth-order valence-electron chi connectivity index (χ4n) is 4.49. The number of nitrogens with one attached hydrogen (secondary N) is 2. The average Bonchev–Trinajstić information content (AvgIpc) is 2.80. The summed E-state index contributed by atoms with van der Waals surface area (Å²) in [4.78, 5) is 29.8. The normalized spacial score (nSPS) is 20.1. The Morgan fingerprint density at radius 1 is 1.09 bits per heavy atom. The molecule has 178 valence electrons. The number of rotatable bonds is 11. The third-order valence-corrected chi connectivity index (χ3v) is 7.24. The summed E-state index contributed by atoms with van der Waals surface area (Å²) in [5.74, 6) is 2.54. The number of hydrogen-bond acceptors (Lipinski definition) is 5. The number of likely N-dealkylation sites (tertiary alicyclic amines) is 1. The van der Waals surface area contributed by atoms with Crippen LogP contribution >= 0.6 is 11.8 Å². The van der Waals surface area contributed by atoms with E-state index in [9.17, 15) is 9.59 Å². The minimum atomic E-state index is -0.00578. The Morgan fingerprint density at radius 3 is 2.75 bits per heavy atom. The van der Waals surface area contributed by atoms with Gasteiger partial charge in [-0.3, -0.25) is 19.4 Å². The highest BCUT2D eigenvalue weighted by atomic mass is 32.2. The molecule has 3 rings (SSSR count). The van der Waals surface area contributed by atoms with E-state index in [1.807, 2.05) is 23.9 Å². The predicted octanol–water partition coefficient (Wildman–Crippen LogP) is 3.58. The highest BCUT2D eigenvalue weighted by Gasteiger charge is 2.26. The second kappa shape index (κ2) is 13.9. The van der Waals surface area contributed by atoms with Crippen LogP contribution < -0.4 is 10.6 Å². The van der Waals surface area contributed by atoms with Gasteiger partial charge in [-0.05, 0) is 43.5 Å². The minimum Gasteiger partial charge on any atom is -0.356 e. The quantitative estimate of drug-likeness (QED) is 0.494. The Morgan fingerprint density at radius 2 is 1.94 bits per heavy atom. The van der Waals surface area contributed by atoms with Crippen LogP contribution in [-0.4, -0.2) is 72.4 Å². The summed E-state index contributed by atoms with van der Waals surface area (Å²) in [7, 11) is 0. The zero-order chi connectivity index (χ0) is 22.6. The minimum absolute atomic E-state index is 0.00264. The van der Waals surface area contributed by atoms with E-state index in [2.05, 4.69) is 39.5 Å². The van der Waals surface area contributed by atoms with E-state index in [4.69, 9.17) is 0 Å². The maximum atomic E-state index is 12.7. The van der Waals surface area contributed by atoms with E-state index in [0.29, 0.717) is 13.1 Å². The van der Waals surface area contributed by atoms with Crippen molar-refractivity contribution in [2.24, 2.45) is 5.92 Å². The van der Waals surface area contributed by atoms with E-state index in [-0.39, 0.29) is 17.7 Å². The van der Waals surface area contributed by atoms with Crippen molar-refractivity contribution in [2.75, 3.05) is 56.1 Å². The molecule has 0 bridgehead atoms. The lowest BCUT2D eigenvalue weighted by atomic mass is 9.97. The molecular weight excluding hydrogens is 420 g/mol. The first kappa shape index (κ1) is 25.1. The highest BCUT2D eigenvalue weighted by molar-refractivity contribution is 7.99. The molecule has 0 aromatic heterocycles. The lowest BCUT2D eigenvalue weighted by Gasteiger charge is -2.31. The molecule has 2 saturated heterocycles. The Hall–Kier alpha value is -1.57. The first-order chi connectivity index (χ1) is 15.6. The van der Waals surface area contributed by atoms with Gasteiger partial charge in [0.05, 0.1) is 12.5 Å². The number of benzene rings is 1. The number of thioether (sulfide) groups is 1. The van der Waals surface area contributed by atoms with Crippen LogP contribution in [0.25, 0.3) is 0 Å². The molecule has 1 aromatic carbocycles. The molecule has 0 radical (unpaired) electrons. The first-order valence-corrected chi connectivity index (χ1v) is 13.5. The maximum Gasteiger partial charge on any atom is 0.238 e. The standard InChI is InChI=1S/C25H40N4O2S/c1-2-3-4-5-11-26-25(31)22-9-7-12-29(19-22)20-24(30)27-23-10-6-8-21(17-23)18-28-13-15-32-16-14-28/h6,8,10,17,22H,2-5,7,9,11-16,18-20H2,1H3,(H,26,31)(H,27,30). The lowest BCUT2D eigenvalue weighted by molar-refractivity contribution is -0.128. The fourth-order valence-corrected chi connectivity index (χ4v) is 5.47. The molecular formula is C25H40N4O2S. The maximum absolute atomic E-state index is 12.7. The van der Waals surface area contributed by atoms with E-state index in [1.54, 1.807) is 0 Å². The van der Waals surface area contributed by atoms with Gasteiger partial charge in [0.25, 0.3) is 0 Å². The van der Waals surface area contributed by atoms with Gasteiger partial charge in [0.1, 0.15) is 0 Å². The van der Waals surface area contributed by atoms with Crippen molar-refractivity contribution in [3.05, 3.63) is 29.8 Å². The van der Waals surface area contributed by atoms with Gasteiger partial charge in [-0.2, -0.15) is 11.8 Å². The molecule has 2 amide bonds. The molecule has 0 spiro atoms. The Balaban J connectivity index is 1.41. The molecule has 6 nitrogen and oxygen atoms in total. The number of amides is 2. The van der Waals surface area contributed by atoms with Crippen LogP contribution in [0.1, 0.15) is 51.0 Å². The molecule has 2 fully saturated rings. The summed E-state index contributed by atoms with van der Waals surface area (Å²) in [5, 5.41) is 6.15.